The van der Waals surface area contributed by atoms with Crippen LogP contribution in [0.4, 0.5) is 4.39 Å². The lowest BCUT2D eigenvalue weighted by molar-refractivity contribution is -0.000752. The minimum atomic E-state index is -0.332. The maximum atomic E-state index is 14.1. The highest BCUT2D eigenvalue weighted by atomic mass is 19.1. The van der Waals surface area contributed by atoms with E-state index in [0.717, 1.165) is 0 Å². The highest BCUT2D eigenvalue weighted by Crippen LogP contribution is 2.33. The molecule has 1 aliphatic heterocycles. The third-order valence-electron chi connectivity index (χ3n) is 3.77. The second-order valence-corrected chi connectivity index (χ2v) is 5.05. The minimum Gasteiger partial charge on any atom is -0.496 e. The molecule has 1 fully saturated rings. The van der Waals surface area contributed by atoms with Gasteiger partial charge in [-0.25, -0.2) is 4.39 Å². The predicted molar refractivity (Wildman–Crippen MR) is 78.8 cm³/mol. The molecule has 0 aliphatic carbocycles. The summed E-state index contributed by atoms with van der Waals surface area (Å²) in [7, 11) is 1.54. The van der Waals surface area contributed by atoms with Gasteiger partial charge in [-0.1, -0.05) is 36.4 Å². The number of ether oxygens (including phenoxy) is 2. The topological polar surface area (TPSA) is 30.5 Å². The average molecular weight is 287 g/mol. The number of rotatable bonds is 3. The first-order chi connectivity index (χ1) is 10.3. The Morgan fingerprint density at radius 3 is 2.62 bits per heavy atom. The van der Waals surface area contributed by atoms with E-state index in [-0.39, 0.29) is 18.0 Å². The number of nitrogens with one attached hydrogen (secondary N) is 1. The minimum absolute atomic E-state index is 0.139. The summed E-state index contributed by atoms with van der Waals surface area (Å²) in [5.74, 6) is 0.235. The second kappa shape index (κ2) is 6.24. The zero-order valence-corrected chi connectivity index (χ0v) is 11.9. The number of methoxy groups -OCH3 is 1. The SMILES string of the molecule is COc1cccc(F)c1C1CNC(c2ccccc2)CO1. The summed E-state index contributed by atoms with van der Waals surface area (Å²) in [6.07, 6.45) is -0.332. The van der Waals surface area contributed by atoms with Crippen molar-refractivity contribution in [3.63, 3.8) is 0 Å². The van der Waals surface area contributed by atoms with Gasteiger partial charge >= 0.3 is 0 Å². The molecule has 2 aromatic rings. The number of halogens is 1. The van der Waals surface area contributed by atoms with Crippen molar-refractivity contribution in [2.75, 3.05) is 20.3 Å². The van der Waals surface area contributed by atoms with Crippen LogP contribution in [-0.4, -0.2) is 20.3 Å². The van der Waals surface area contributed by atoms with Crippen LogP contribution in [0.15, 0.2) is 48.5 Å². The van der Waals surface area contributed by atoms with E-state index in [1.807, 2.05) is 18.2 Å². The van der Waals surface area contributed by atoms with E-state index in [2.05, 4.69) is 17.4 Å². The van der Waals surface area contributed by atoms with Gasteiger partial charge < -0.3 is 14.8 Å². The van der Waals surface area contributed by atoms with Crippen LogP contribution in [0.3, 0.4) is 0 Å². The molecule has 0 saturated carbocycles. The Hall–Kier alpha value is -1.91. The number of morpholine rings is 1. The lowest BCUT2D eigenvalue weighted by Crippen LogP contribution is -2.37. The molecule has 1 N–H and O–H groups in total. The molecule has 2 atom stereocenters. The third-order valence-corrected chi connectivity index (χ3v) is 3.77. The molecular weight excluding hydrogens is 269 g/mol. The van der Waals surface area contributed by atoms with Crippen molar-refractivity contribution in [3.05, 3.63) is 65.5 Å². The fourth-order valence-corrected chi connectivity index (χ4v) is 2.67. The zero-order chi connectivity index (χ0) is 14.7. The molecule has 2 aromatic carbocycles. The van der Waals surface area contributed by atoms with E-state index < -0.39 is 0 Å². The Morgan fingerprint density at radius 1 is 1.14 bits per heavy atom. The van der Waals surface area contributed by atoms with E-state index in [9.17, 15) is 4.39 Å². The largest absolute Gasteiger partial charge is 0.496 e. The molecule has 1 saturated heterocycles. The van der Waals surface area contributed by atoms with Gasteiger partial charge in [-0.05, 0) is 17.7 Å². The number of benzene rings is 2. The zero-order valence-electron chi connectivity index (χ0n) is 11.9. The number of hydrogen-bond donors (Lipinski definition) is 1. The maximum absolute atomic E-state index is 14.1. The van der Waals surface area contributed by atoms with Gasteiger partial charge in [-0.3, -0.25) is 0 Å². The first-order valence-electron chi connectivity index (χ1n) is 7.02. The highest BCUT2D eigenvalue weighted by Gasteiger charge is 2.27. The summed E-state index contributed by atoms with van der Waals surface area (Å²) >= 11 is 0. The molecule has 110 valence electrons. The smallest absolute Gasteiger partial charge is 0.132 e. The van der Waals surface area contributed by atoms with Crippen LogP contribution in [0.2, 0.25) is 0 Å². The predicted octanol–water partition coefficient (Wildman–Crippen LogP) is 3.24. The van der Waals surface area contributed by atoms with Crippen molar-refractivity contribution >= 4 is 0 Å². The molecule has 2 unspecified atom stereocenters. The van der Waals surface area contributed by atoms with Crippen molar-refractivity contribution in [3.8, 4) is 5.75 Å². The number of hydrogen-bond acceptors (Lipinski definition) is 3. The lowest BCUT2D eigenvalue weighted by Gasteiger charge is -2.31. The normalized spacial score (nSPS) is 22.0. The molecule has 0 aromatic heterocycles. The van der Waals surface area contributed by atoms with Crippen molar-refractivity contribution in [2.45, 2.75) is 12.1 Å². The summed E-state index contributed by atoms with van der Waals surface area (Å²) in [4.78, 5) is 0. The Bertz CT molecular complexity index is 595. The van der Waals surface area contributed by atoms with Gasteiger partial charge in [0, 0.05) is 6.54 Å². The average Bonchev–Trinajstić information content (AvgIpc) is 2.55. The molecule has 4 heteroatoms. The highest BCUT2D eigenvalue weighted by molar-refractivity contribution is 5.37. The van der Waals surface area contributed by atoms with Crippen molar-refractivity contribution in [1.82, 2.24) is 5.32 Å². The fourth-order valence-electron chi connectivity index (χ4n) is 2.67. The summed E-state index contributed by atoms with van der Waals surface area (Å²) < 4.78 is 25.2. The van der Waals surface area contributed by atoms with Crippen molar-refractivity contribution < 1.29 is 13.9 Å². The Morgan fingerprint density at radius 2 is 1.95 bits per heavy atom. The third kappa shape index (κ3) is 2.91. The van der Waals surface area contributed by atoms with E-state index in [1.54, 1.807) is 19.2 Å². The summed E-state index contributed by atoms with van der Waals surface area (Å²) in [6.45, 7) is 1.06. The standard InChI is InChI=1S/C17H18FNO2/c1-20-15-9-5-8-13(18)17(15)16-10-19-14(11-21-16)12-6-3-2-4-7-12/h2-9,14,16,19H,10-11H2,1H3. The van der Waals surface area contributed by atoms with Crippen LogP contribution in [-0.2, 0) is 4.74 Å². The summed E-state index contributed by atoms with van der Waals surface area (Å²) in [5, 5.41) is 3.42. The molecule has 1 heterocycles. The van der Waals surface area contributed by atoms with Crippen LogP contribution >= 0.6 is 0 Å². The Labute approximate surface area is 123 Å². The first-order valence-corrected chi connectivity index (χ1v) is 7.02. The van der Waals surface area contributed by atoms with E-state index >= 15 is 0 Å². The fraction of sp³-hybridized carbons (Fsp3) is 0.294. The molecule has 0 spiro atoms. The molecule has 0 radical (unpaired) electrons. The Balaban J connectivity index is 1.75. The van der Waals surface area contributed by atoms with E-state index in [0.29, 0.717) is 24.5 Å². The van der Waals surface area contributed by atoms with Crippen LogP contribution in [0.25, 0.3) is 0 Å². The lowest BCUT2D eigenvalue weighted by atomic mass is 10.0. The van der Waals surface area contributed by atoms with Crippen LogP contribution in [0.5, 0.6) is 5.75 Å². The van der Waals surface area contributed by atoms with Gasteiger partial charge in [0.2, 0.25) is 0 Å². The molecule has 0 amide bonds. The van der Waals surface area contributed by atoms with E-state index in [4.69, 9.17) is 9.47 Å². The summed E-state index contributed by atoms with van der Waals surface area (Å²) in [5.41, 5.74) is 1.66. The van der Waals surface area contributed by atoms with Gasteiger partial charge in [0.1, 0.15) is 17.7 Å². The van der Waals surface area contributed by atoms with Crippen LogP contribution < -0.4 is 10.1 Å². The molecule has 0 bridgehead atoms. The molecule has 3 nitrogen and oxygen atoms in total. The van der Waals surface area contributed by atoms with E-state index in [1.165, 1.54) is 11.6 Å². The van der Waals surface area contributed by atoms with Crippen LogP contribution in [0, 0.1) is 5.82 Å². The first kappa shape index (κ1) is 14.0. The Kier molecular flexibility index (Phi) is 4.18. The van der Waals surface area contributed by atoms with Gasteiger partial charge in [-0.2, -0.15) is 0 Å². The quantitative estimate of drug-likeness (QED) is 0.940. The maximum Gasteiger partial charge on any atom is 0.132 e. The second-order valence-electron chi connectivity index (χ2n) is 5.05. The molecule has 1 aliphatic rings. The van der Waals surface area contributed by atoms with Crippen molar-refractivity contribution in [1.29, 1.82) is 0 Å². The van der Waals surface area contributed by atoms with Crippen molar-refractivity contribution in [2.24, 2.45) is 0 Å². The molecule has 21 heavy (non-hydrogen) atoms. The monoisotopic (exact) mass is 287 g/mol. The van der Waals surface area contributed by atoms with Gasteiger partial charge in [-0.15, -0.1) is 0 Å². The molecular formula is C17H18FNO2. The van der Waals surface area contributed by atoms with Gasteiger partial charge in [0.15, 0.2) is 0 Å². The van der Waals surface area contributed by atoms with Gasteiger partial charge in [0.25, 0.3) is 0 Å². The van der Waals surface area contributed by atoms with Crippen LogP contribution in [0.1, 0.15) is 23.3 Å². The summed E-state index contributed by atoms with van der Waals surface area (Å²) in [6, 6.07) is 15.1. The van der Waals surface area contributed by atoms with Gasteiger partial charge in [0.05, 0.1) is 25.3 Å². The molecule has 3 rings (SSSR count).